The van der Waals surface area contributed by atoms with E-state index in [2.05, 4.69) is 53.8 Å². The molecule has 2 aromatic carbocycles. The van der Waals surface area contributed by atoms with Gasteiger partial charge in [-0.2, -0.15) is 9.59 Å². The zero-order valence-corrected chi connectivity index (χ0v) is 18.0. The quantitative estimate of drug-likeness (QED) is 0.345. The molecule has 0 spiro atoms. The van der Waals surface area contributed by atoms with Crippen LogP contribution in [0.2, 0.25) is 6.32 Å². The summed E-state index contributed by atoms with van der Waals surface area (Å²) >= 11 is 0. The highest BCUT2D eigenvalue weighted by atomic mass is 16.4. The van der Waals surface area contributed by atoms with Gasteiger partial charge in [0.15, 0.2) is 0 Å². The highest BCUT2D eigenvalue weighted by Gasteiger charge is 2.28. The number of unbranched alkanes of at least 4 members (excludes halogenated alkanes) is 1. The molecule has 0 aromatic heterocycles. The molecule has 0 aliphatic heterocycles. The van der Waals surface area contributed by atoms with Gasteiger partial charge in [-0.05, 0) is 54.6 Å². The number of nitrogens with one attached hydrogen (secondary N) is 1. The van der Waals surface area contributed by atoms with Crippen LogP contribution in [0.3, 0.4) is 0 Å². The van der Waals surface area contributed by atoms with E-state index in [9.17, 15) is 0 Å². The predicted molar refractivity (Wildman–Crippen MR) is 122 cm³/mol. The highest BCUT2D eigenvalue weighted by Crippen LogP contribution is 2.30. The van der Waals surface area contributed by atoms with Crippen molar-refractivity contribution in [3.8, 4) is 11.1 Å². The molecule has 0 saturated heterocycles. The van der Waals surface area contributed by atoms with Crippen molar-refractivity contribution in [1.29, 1.82) is 0 Å². The highest BCUT2D eigenvalue weighted by molar-refractivity contribution is 6.40. The molecule has 166 valence electrons. The standard InChI is InChI=1S/C23H33BN2O2.CO2/c25-23(8-4-5-15-24(27)28)21-13-14-22(16-21)26-17-18-9-11-20(12-10-18)19-6-2-1-3-7-19;2-1-3/h1-3,6-7,9-12,21-23,26-28H,4-5,8,13-17,25H2;/t21-,22+,23?;/m1./s1. The fraction of sp³-hybridized carbons (Fsp3) is 0.458. The van der Waals surface area contributed by atoms with Gasteiger partial charge < -0.3 is 21.1 Å². The summed E-state index contributed by atoms with van der Waals surface area (Å²) in [7, 11) is -1.18. The van der Waals surface area contributed by atoms with Crippen molar-refractivity contribution in [2.45, 2.75) is 63.5 Å². The van der Waals surface area contributed by atoms with Crippen LogP contribution in [0.1, 0.15) is 44.1 Å². The third-order valence-corrected chi connectivity index (χ3v) is 5.98. The first kappa shape index (κ1) is 25.0. The van der Waals surface area contributed by atoms with Gasteiger partial charge >= 0.3 is 13.3 Å². The second-order valence-electron chi connectivity index (χ2n) is 8.23. The van der Waals surface area contributed by atoms with E-state index in [4.69, 9.17) is 25.4 Å². The van der Waals surface area contributed by atoms with Crippen LogP contribution >= 0.6 is 0 Å². The molecule has 1 aliphatic rings. The summed E-state index contributed by atoms with van der Waals surface area (Å²) < 4.78 is 0. The van der Waals surface area contributed by atoms with Crippen molar-refractivity contribution < 1.29 is 19.6 Å². The van der Waals surface area contributed by atoms with Gasteiger partial charge in [-0.1, -0.05) is 67.4 Å². The number of rotatable bonds is 10. The van der Waals surface area contributed by atoms with Crippen LogP contribution in [0.5, 0.6) is 0 Å². The molecule has 7 heteroatoms. The van der Waals surface area contributed by atoms with E-state index in [0.29, 0.717) is 18.3 Å². The summed E-state index contributed by atoms with van der Waals surface area (Å²) in [4.78, 5) is 16.2. The van der Waals surface area contributed by atoms with Crippen molar-refractivity contribution >= 4 is 13.3 Å². The van der Waals surface area contributed by atoms with Crippen molar-refractivity contribution in [3.05, 3.63) is 60.2 Å². The van der Waals surface area contributed by atoms with E-state index in [-0.39, 0.29) is 12.2 Å². The van der Waals surface area contributed by atoms with Gasteiger partial charge in [-0.3, -0.25) is 0 Å². The summed E-state index contributed by atoms with van der Waals surface area (Å²) in [5.74, 6) is 0.581. The number of hydrogen-bond acceptors (Lipinski definition) is 6. The molecule has 1 saturated carbocycles. The monoisotopic (exact) mass is 424 g/mol. The lowest BCUT2D eigenvalue weighted by atomic mass is 9.82. The van der Waals surface area contributed by atoms with Gasteiger partial charge in [0.05, 0.1) is 0 Å². The molecule has 1 unspecified atom stereocenters. The van der Waals surface area contributed by atoms with Crippen LogP contribution in [-0.4, -0.2) is 35.4 Å². The largest absolute Gasteiger partial charge is 0.451 e. The molecule has 5 N–H and O–H groups in total. The molecule has 1 aliphatic carbocycles. The van der Waals surface area contributed by atoms with E-state index in [1.54, 1.807) is 0 Å². The number of benzene rings is 2. The van der Waals surface area contributed by atoms with E-state index in [1.165, 1.54) is 29.5 Å². The average Bonchev–Trinajstić information content (AvgIpc) is 3.26. The molecule has 3 atom stereocenters. The lowest BCUT2D eigenvalue weighted by molar-refractivity contribution is -0.191. The van der Waals surface area contributed by atoms with Crippen molar-refractivity contribution in [2.24, 2.45) is 11.7 Å². The Morgan fingerprint density at radius 2 is 1.65 bits per heavy atom. The van der Waals surface area contributed by atoms with Gasteiger partial charge in [0.1, 0.15) is 0 Å². The van der Waals surface area contributed by atoms with Gasteiger partial charge in [0.25, 0.3) is 0 Å². The first-order valence-corrected chi connectivity index (χ1v) is 11.0. The smallest absolute Gasteiger partial charge is 0.427 e. The van der Waals surface area contributed by atoms with Gasteiger partial charge in [-0.15, -0.1) is 0 Å². The Labute approximate surface area is 185 Å². The van der Waals surface area contributed by atoms with E-state index in [0.717, 1.165) is 32.2 Å². The zero-order chi connectivity index (χ0) is 22.5. The second-order valence-corrected chi connectivity index (χ2v) is 8.23. The minimum absolute atomic E-state index is 0.229. The number of hydrogen-bond donors (Lipinski definition) is 4. The summed E-state index contributed by atoms with van der Waals surface area (Å²) in [6, 6.07) is 20.1. The molecule has 31 heavy (non-hydrogen) atoms. The second kappa shape index (κ2) is 13.9. The zero-order valence-electron chi connectivity index (χ0n) is 18.0. The Morgan fingerprint density at radius 1 is 1.00 bits per heavy atom. The van der Waals surface area contributed by atoms with Crippen LogP contribution in [-0.2, 0) is 16.1 Å². The molecule has 2 aromatic rings. The third-order valence-electron chi connectivity index (χ3n) is 5.98. The Bertz CT molecular complexity index is 780. The Kier molecular flexibility index (Phi) is 11.2. The van der Waals surface area contributed by atoms with Crippen molar-refractivity contribution in [2.75, 3.05) is 0 Å². The fourth-order valence-corrected chi connectivity index (χ4v) is 4.24. The lowest BCUT2D eigenvalue weighted by Gasteiger charge is -2.20. The topological polar surface area (TPSA) is 113 Å². The van der Waals surface area contributed by atoms with Crippen LogP contribution in [0.25, 0.3) is 11.1 Å². The molecule has 6 nitrogen and oxygen atoms in total. The van der Waals surface area contributed by atoms with E-state index >= 15 is 0 Å². The summed E-state index contributed by atoms with van der Waals surface area (Å²) in [5, 5.41) is 21.5. The fourth-order valence-electron chi connectivity index (χ4n) is 4.24. The first-order valence-electron chi connectivity index (χ1n) is 11.0. The van der Waals surface area contributed by atoms with Crippen molar-refractivity contribution in [1.82, 2.24) is 5.32 Å². The van der Waals surface area contributed by atoms with Crippen LogP contribution in [0, 0.1) is 5.92 Å². The molecule has 0 heterocycles. The Morgan fingerprint density at radius 3 is 2.29 bits per heavy atom. The average molecular weight is 424 g/mol. The Hall–Kier alpha value is -2.28. The van der Waals surface area contributed by atoms with Crippen LogP contribution in [0.15, 0.2) is 54.6 Å². The summed E-state index contributed by atoms with van der Waals surface area (Å²) in [5.41, 5.74) is 10.2. The minimum atomic E-state index is -1.18. The summed E-state index contributed by atoms with van der Waals surface area (Å²) in [6.07, 6.45) is 7.01. The van der Waals surface area contributed by atoms with E-state index in [1.807, 2.05) is 6.07 Å². The van der Waals surface area contributed by atoms with Gasteiger partial charge in [0, 0.05) is 18.6 Å². The lowest BCUT2D eigenvalue weighted by Crippen LogP contribution is -2.31. The Balaban J connectivity index is 0.00000107. The number of nitrogens with two attached hydrogens (primary N) is 1. The molecule has 3 rings (SSSR count). The molecular formula is C24H33BN2O4. The number of carbonyl (C=O) groups excluding carboxylic acids is 2. The normalized spacial score (nSPS) is 18.5. The van der Waals surface area contributed by atoms with E-state index < -0.39 is 7.12 Å². The van der Waals surface area contributed by atoms with Gasteiger partial charge in [-0.25, -0.2) is 0 Å². The van der Waals surface area contributed by atoms with Crippen LogP contribution in [0.4, 0.5) is 0 Å². The maximum absolute atomic E-state index is 8.91. The maximum Gasteiger partial charge on any atom is 0.451 e. The minimum Gasteiger partial charge on any atom is -0.427 e. The van der Waals surface area contributed by atoms with Gasteiger partial charge in [0.2, 0.25) is 0 Å². The summed E-state index contributed by atoms with van der Waals surface area (Å²) in [6.45, 7) is 0.899. The predicted octanol–water partition coefficient (Wildman–Crippen LogP) is 3.00. The molecule has 1 fully saturated rings. The van der Waals surface area contributed by atoms with Crippen LogP contribution < -0.4 is 11.1 Å². The molecule has 0 amide bonds. The molecule has 0 bridgehead atoms. The maximum atomic E-state index is 8.91. The molecule has 0 radical (unpaired) electrons. The third kappa shape index (κ3) is 9.17. The molecular weight excluding hydrogens is 391 g/mol. The first-order chi connectivity index (χ1) is 15.0. The van der Waals surface area contributed by atoms with Crippen molar-refractivity contribution in [3.63, 3.8) is 0 Å². The SMILES string of the molecule is NC(CCCCB(O)O)[C@@H]1CC[C@H](NCc2ccc(-c3ccccc3)cc2)C1.O=C=O.